The van der Waals surface area contributed by atoms with Crippen molar-refractivity contribution in [1.82, 2.24) is 15.0 Å². The second-order valence-corrected chi connectivity index (χ2v) is 13.2. The highest BCUT2D eigenvalue weighted by Crippen LogP contribution is 2.44. The molecule has 0 saturated carbocycles. The molecule has 0 aliphatic heterocycles. The van der Waals surface area contributed by atoms with Crippen LogP contribution in [0.5, 0.6) is 0 Å². The molecule has 256 valence electrons. The molecule has 5 heteroatoms. The zero-order valence-electron chi connectivity index (χ0n) is 29.5. The number of aliphatic imine (C=N–C) groups is 1. The number of benzene rings is 8. The summed E-state index contributed by atoms with van der Waals surface area (Å²) in [6.07, 6.45) is 0. The third-order valence-electron chi connectivity index (χ3n) is 9.81. The van der Waals surface area contributed by atoms with E-state index in [2.05, 4.69) is 114 Å². The number of amidine groups is 1. The van der Waals surface area contributed by atoms with Crippen molar-refractivity contribution in [3.05, 3.63) is 199 Å². The van der Waals surface area contributed by atoms with Gasteiger partial charge in [-0.05, 0) is 49.4 Å². The Balaban J connectivity index is 1.16. The number of hydrogen-bond donors (Lipinski definition) is 1. The highest BCUT2D eigenvalue weighted by atomic mass is 15.0. The second kappa shape index (κ2) is 14.4. The Kier molecular flexibility index (Phi) is 8.71. The smallest absolute Gasteiger partial charge is 0.164 e. The summed E-state index contributed by atoms with van der Waals surface area (Å²) in [4.78, 5) is 19.5. The molecule has 1 aromatic heterocycles. The van der Waals surface area contributed by atoms with E-state index in [1.54, 1.807) is 0 Å². The van der Waals surface area contributed by atoms with Crippen molar-refractivity contribution in [1.29, 1.82) is 0 Å². The summed E-state index contributed by atoms with van der Waals surface area (Å²) in [7, 11) is 0. The van der Waals surface area contributed by atoms with E-state index in [0.29, 0.717) is 29.9 Å². The van der Waals surface area contributed by atoms with Gasteiger partial charge >= 0.3 is 0 Å². The first-order valence-corrected chi connectivity index (χ1v) is 18.1. The predicted octanol–water partition coefficient (Wildman–Crippen LogP) is 11.4. The molecule has 5 nitrogen and oxygen atoms in total. The minimum absolute atomic E-state index is 0.522. The Morgan fingerprint density at radius 3 is 1.19 bits per heavy atom. The van der Waals surface area contributed by atoms with Crippen molar-refractivity contribution in [3.8, 4) is 56.4 Å². The molecule has 0 bridgehead atoms. The number of nitrogens with zero attached hydrogens (tertiary/aromatic N) is 4. The highest BCUT2D eigenvalue weighted by Gasteiger charge is 2.19. The number of rotatable bonds is 8. The lowest BCUT2D eigenvalue weighted by Crippen LogP contribution is -2.13. The van der Waals surface area contributed by atoms with Gasteiger partial charge in [0.25, 0.3) is 0 Å². The van der Waals surface area contributed by atoms with E-state index in [-0.39, 0.29) is 0 Å². The normalized spacial score (nSPS) is 11.6. The van der Waals surface area contributed by atoms with E-state index in [4.69, 9.17) is 20.7 Å². The van der Waals surface area contributed by atoms with Crippen LogP contribution in [0.1, 0.15) is 11.1 Å². The maximum absolute atomic E-state index is 6.50. The molecule has 0 amide bonds. The average Bonchev–Trinajstić information content (AvgIpc) is 3.26. The van der Waals surface area contributed by atoms with Gasteiger partial charge in [0.1, 0.15) is 5.84 Å². The van der Waals surface area contributed by atoms with Crippen molar-refractivity contribution >= 4 is 27.4 Å². The van der Waals surface area contributed by atoms with Crippen molar-refractivity contribution in [2.75, 3.05) is 0 Å². The molecular weight excluding hydrogens is 659 g/mol. The van der Waals surface area contributed by atoms with Gasteiger partial charge in [0.15, 0.2) is 17.5 Å². The molecule has 0 fully saturated rings. The van der Waals surface area contributed by atoms with Gasteiger partial charge in [-0.2, -0.15) is 0 Å². The number of nitrogens with two attached hydrogens (primary N) is 1. The first kappa shape index (κ1) is 32.7. The molecule has 0 spiro atoms. The molecule has 9 aromatic rings. The van der Waals surface area contributed by atoms with Gasteiger partial charge in [0.05, 0.1) is 6.54 Å². The van der Waals surface area contributed by atoms with Crippen LogP contribution in [0.15, 0.2) is 193 Å². The standard InChI is InChI=1S/C49H35N5/c50-46(51-32-33-14-4-1-5-15-33)36-28-24-34(25-29-36)44-42-22-12-10-20-40(42)41-21-11-13-23-43(41)45(44)35-26-30-39(31-27-35)49-53-47(37-16-6-2-7-17-37)52-48(54-49)38-18-8-3-9-19-38/h1-31H,32H2,(H2,50,51). The Labute approximate surface area is 314 Å². The summed E-state index contributed by atoms with van der Waals surface area (Å²) in [5.74, 6) is 2.43. The molecule has 0 saturated heterocycles. The Hall–Kier alpha value is -7.24. The zero-order valence-corrected chi connectivity index (χ0v) is 29.5. The summed E-state index contributed by atoms with van der Waals surface area (Å²) in [5.41, 5.74) is 15.9. The average molecular weight is 694 g/mol. The van der Waals surface area contributed by atoms with Gasteiger partial charge in [-0.3, -0.25) is 4.99 Å². The van der Waals surface area contributed by atoms with Crippen LogP contribution in [-0.4, -0.2) is 20.8 Å². The van der Waals surface area contributed by atoms with E-state index in [1.165, 1.54) is 32.7 Å². The van der Waals surface area contributed by atoms with Crippen LogP contribution in [0.4, 0.5) is 0 Å². The minimum atomic E-state index is 0.522. The molecule has 2 N–H and O–H groups in total. The molecule has 0 unspecified atom stereocenters. The summed E-state index contributed by atoms with van der Waals surface area (Å²) < 4.78 is 0. The lowest BCUT2D eigenvalue weighted by molar-refractivity contribution is 1.06. The Morgan fingerprint density at radius 1 is 0.370 bits per heavy atom. The highest BCUT2D eigenvalue weighted by molar-refractivity contribution is 6.21. The van der Waals surface area contributed by atoms with E-state index < -0.39 is 0 Å². The molecule has 1 heterocycles. The number of fused-ring (bicyclic) bond motifs is 3. The van der Waals surface area contributed by atoms with Gasteiger partial charge in [0.2, 0.25) is 0 Å². The quantitative estimate of drug-likeness (QED) is 0.0976. The lowest BCUT2D eigenvalue weighted by atomic mass is 9.84. The molecule has 8 aromatic carbocycles. The zero-order chi connectivity index (χ0) is 36.3. The predicted molar refractivity (Wildman–Crippen MR) is 223 cm³/mol. The summed E-state index contributed by atoms with van der Waals surface area (Å²) in [6.45, 7) is 0.537. The van der Waals surface area contributed by atoms with Crippen molar-refractivity contribution < 1.29 is 0 Å². The molecule has 0 aliphatic rings. The van der Waals surface area contributed by atoms with E-state index in [1.807, 2.05) is 78.9 Å². The van der Waals surface area contributed by atoms with E-state index in [9.17, 15) is 0 Å². The fourth-order valence-electron chi connectivity index (χ4n) is 7.12. The topological polar surface area (TPSA) is 77.0 Å². The monoisotopic (exact) mass is 693 g/mol. The van der Waals surface area contributed by atoms with Crippen molar-refractivity contribution in [3.63, 3.8) is 0 Å². The number of hydrogen-bond acceptors (Lipinski definition) is 4. The second-order valence-electron chi connectivity index (χ2n) is 13.2. The molecule has 0 atom stereocenters. The van der Waals surface area contributed by atoms with Crippen molar-refractivity contribution in [2.24, 2.45) is 10.7 Å². The summed E-state index contributed by atoms with van der Waals surface area (Å²) >= 11 is 0. The van der Waals surface area contributed by atoms with Gasteiger partial charge in [0, 0.05) is 22.3 Å². The molecule has 0 radical (unpaired) electrons. The van der Waals surface area contributed by atoms with Gasteiger partial charge in [-0.25, -0.2) is 15.0 Å². The molecule has 9 rings (SSSR count). The fourth-order valence-corrected chi connectivity index (χ4v) is 7.12. The van der Waals surface area contributed by atoms with Gasteiger partial charge < -0.3 is 5.73 Å². The Morgan fingerprint density at radius 2 is 0.722 bits per heavy atom. The van der Waals surface area contributed by atoms with E-state index >= 15 is 0 Å². The van der Waals surface area contributed by atoms with Crippen LogP contribution < -0.4 is 5.73 Å². The Bertz CT molecular complexity index is 2700. The lowest BCUT2D eigenvalue weighted by Gasteiger charge is -2.19. The van der Waals surface area contributed by atoms with Crippen LogP contribution in [0.2, 0.25) is 0 Å². The van der Waals surface area contributed by atoms with Crippen LogP contribution in [-0.2, 0) is 6.54 Å². The third kappa shape index (κ3) is 6.40. The number of aromatic nitrogens is 3. The first-order chi connectivity index (χ1) is 26.7. The maximum atomic E-state index is 6.50. The molecule has 0 aliphatic carbocycles. The largest absolute Gasteiger partial charge is 0.383 e. The van der Waals surface area contributed by atoms with Crippen LogP contribution >= 0.6 is 0 Å². The molecule has 54 heavy (non-hydrogen) atoms. The minimum Gasteiger partial charge on any atom is -0.383 e. The fraction of sp³-hybridized carbons (Fsp3) is 0.0204. The van der Waals surface area contributed by atoms with Crippen LogP contribution in [0.3, 0.4) is 0 Å². The maximum Gasteiger partial charge on any atom is 0.164 e. The van der Waals surface area contributed by atoms with Gasteiger partial charge in [-0.15, -0.1) is 0 Å². The third-order valence-corrected chi connectivity index (χ3v) is 9.81. The van der Waals surface area contributed by atoms with Gasteiger partial charge in [-0.1, -0.05) is 188 Å². The van der Waals surface area contributed by atoms with E-state index in [0.717, 1.165) is 38.9 Å². The van der Waals surface area contributed by atoms with Crippen LogP contribution in [0.25, 0.3) is 78.0 Å². The van der Waals surface area contributed by atoms with Crippen molar-refractivity contribution in [2.45, 2.75) is 6.54 Å². The van der Waals surface area contributed by atoms with Crippen LogP contribution in [0, 0.1) is 0 Å². The molecular formula is C49H35N5. The first-order valence-electron chi connectivity index (χ1n) is 18.1. The summed E-state index contributed by atoms with van der Waals surface area (Å²) in [5, 5.41) is 4.79. The SMILES string of the molecule is NC(=NCc1ccccc1)c1ccc(-c2c(-c3ccc(-c4nc(-c5ccccc5)nc(-c5ccccc5)n4)cc3)c3ccccc3c3ccccc23)cc1. The summed E-state index contributed by atoms with van der Waals surface area (Å²) in [6, 6.07) is 64.7.